The number of carboxylic acid groups (broad SMARTS) is 1. The minimum atomic E-state index is -0.999. The van der Waals surface area contributed by atoms with Crippen LogP contribution in [0.3, 0.4) is 0 Å². The third-order valence-corrected chi connectivity index (χ3v) is 2.50. The Bertz CT molecular complexity index is 404. The van der Waals surface area contributed by atoms with Gasteiger partial charge in [-0.2, -0.15) is 0 Å². The summed E-state index contributed by atoms with van der Waals surface area (Å²) in [6, 6.07) is 0. The first-order chi connectivity index (χ1) is 7.24. The lowest BCUT2D eigenvalue weighted by Gasteiger charge is -2.19. The molecule has 0 saturated carbocycles. The van der Waals surface area contributed by atoms with Crippen molar-refractivity contribution >= 4 is 5.97 Å². The molecular formula is C10H12N2O3. The molecule has 1 aliphatic rings. The SMILES string of the molecule is COc1c(C(=O)O)cnc2c1CCNC2. The Kier molecular flexibility index (Phi) is 2.55. The van der Waals surface area contributed by atoms with Crippen molar-refractivity contribution in [3.8, 4) is 5.75 Å². The molecule has 2 heterocycles. The molecule has 80 valence electrons. The molecule has 0 aromatic carbocycles. The molecule has 0 aliphatic carbocycles. The number of nitrogens with zero attached hydrogens (tertiary/aromatic N) is 1. The van der Waals surface area contributed by atoms with E-state index in [9.17, 15) is 4.79 Å². The summed E-state index contributed by atoms with van der Waals surface area (Å²) in [4.78, 5) is 15.1. The zero-order chi connectivity index (χ0) is 10.8. The van der Waals surface area contributed by atoms with Crippen molar-refractivity contribution < 1.29 is 14.6 Å². The van der Waals surface area contributed by atoms with Crippen LogP contribution in [0.5, 0.6) is 5.75 Å². The van der Waals surface area contributed by atoms with E-state index in [0.717, 1.165) is 24.2 Å². The summed E-state index contributed by atoms with van der Waals surface area (Å²) in [5.41, 5.74) is 1.93. The van der Waals surface area contributed by atoms with Crippen LogP contribution in [0.1, 0.15) is 21.6 Å². The monoisotopic (exact) mass is 208 g/mol. The van der Waals surface area contributed by atoms with Gasteiger partial charge in [0, 0.05) is 18.3 Å². The highest BCUT2D eigenvalue weighted by atomic mass is 16.5. The Morgan fingerprint density at radius 1 is 1.67 bits per heavy atom. The zero-order valence-corrected chi connectivity index (χ0v) is 8.41. The molecule has 0 saturated heterocycles. The molecule has 0 amide bonds. The number of carboxylic acids is 1. The predicted molar refractivity (Wildman–Crippen MR) is 53.2 cm³/mol. The highest BCUT2D eigenvalue weighted by molar-refractivity contribution is 5.91. The maximum atomic E-state index is 10.9. The highest BCUT2D eigenvalue weighted by Crippen LogP contribution is 2.27. The molecule has 1 aromatic rings. The molecule has 1 aliphatic heterocycles. The minimum absolute atomic E-state index is 0.137. The maximum Gasteiger partial charge on any atom is 0.341 e. The number of pyridine rings is 1. The number of ether oxygens (including phenoxy) is 1. The maximum absolute atomic E-state index is 10.9. The van der Waals surface area contributed by atoms with Gasteiger partial charge in [0.2, 0.25) is 0 Å². The summed E-state index contributed by atoms with van der Waals surface area (Å²) >= 11 is 0. The van der Waals surface area contributed by atoms with Crippen LogP contribution >= 0.6 is 0 Å². The number of fused-ring (bicyclic) bond motifs is 1. The molecular weight excluding hydrogens is 196 g/mol. The first kappa shape index (κ1) is 9.92. The van der Waals surface area contributed by atoms with Crippen molar-refractivity contribution in [1.82, 2.24) is 10.3 Å². The molecule has 5 nitrogen and oxygen atoms in total. The number of nitrogens with one attached hydrogen (secondary N) is 1. The number of carbonyl (C=O) groups is 1. The van der Waals surface area contributed by atoms with Crippen LogP contribution in [0, 0.1) is 0 Å². The van der Waals surface area contributed by atoms with E-state index in [0.29, 0.717) is 12.3 Å². The fourth-order valence-electron chi connectivity index (χ4n) is 1.79. The Morgan fingerprint density at radius 2 is 2.47 bits per heavy atom. The summed E-state index contributed by atoms with van der Waals surface area (Å²) in [5, 5.41) is 12.1. The number of hydrogen-bond donors (Lipinski definition) is 2. The van der Waals surface area contributed by atoms with Crippen molar-refractivity contribution in [3.63, 3.8) is 0 Å². The second-order valence-electron chi connectivity index (χ2n) is 3.36. The van der Waals surface area contributed by atoms with Gasteiger partial charge in [-0.1, -0.05) is 0 Å². The van der Waals surface area contributed by atoms with Crippen molar-refractivity contribution in [1.29, 1.82) is 0 Å². The average molecular weight is 208 g/mol. The molecule has 0 atom stereocenters. The van der Waals surface area contributed by atoms with E-state index in [1.165, 1.54) is 13.3 Å². The van der Waals surface area contributed by atoms with Crippen molar-refractivity contribution in [2.24, 2.45) is 0 Å². The number of aromatic nitrogens is 1. The van der Waals surface area contributed by atoms with Gasteiger partial charge in [-0.15, -0.1) is 0 Å². The lowest BCUT2D eigenvalue weighted by Crippen LogP contribution is -2.25. The summed E-state index contributed by atoms with van der Waals surface area (Å²) in [6.45, 7) is 1.50. The van der Waals surface area contributed by atoms with Crippen LogP contribution < -0.4 is 10.1 Å². The van der Waals surface area contributed by atoms with E-state index in [2.05, 4.69) is 10.3 Å². The molecule has 0 radical (unpaired) electrons. The number of rotatable bonds is 2. The van der Waals surface area contributed by atoms with Gasteiger partial charge in [-0.25, -0.2) is 4.79 Å². The van der Waals surface area contributed by atoms with Gasteiger partial charge >= 0.3 is 5.97 Å². The predicted octanol–water partition coefficient (Wildman–Crippen LogP) is 0.434. The number of aromatic carboxylic acids is 1. The summed E-state index contributed by atoms with van der Waals surface area (Å²) in [6.07, 6.45) is 2.11. The van der Waals surface area contributed by atoms with Gasteiger partial charge in [0.1, 0.15) is 11.3 Å². The van der Waals surface area contributed by atoms with Crippen LogP contribution in [-0.4, -0.2) is 29.7 Å². The Morgan fingerprint density at radius 3 is 3.13 bits per heavy atom. The van der Waals surface area contributed by atoms with E-state index in [1.807, 2.05) is 0 Å². The molecule has 0 spiro atoms. The van der Waals surface area contributed by atoms with E-state index in [-0.39, 0.29) is 5.56 Å². The van der Waals surface area contributed by atoms with Gasteiger partial charge in [0.25, 0.3) is 0 Å². The van der Waals surface area contributed by atoms with Gasteiger partial charge in [0.15, 0.2) is 0 Å². The van der Waals surface area contributed by atoms with Crippen molar-refractivity contribution in [2.75, 3.05) is 13.7 Å². The largest absolute Gasteiger partial charge is 0.495 e. The number of methoxy groups -OCH3 is 1. The number of hydrogen-bond acceptors (Lipinski definition) is 4. The molecule has 0 fully saturated rings. The fraction of sp³-hybridized carbons (Fsp3) is 0.400. The van der Waals surface area contributed by atoms with Crippen LogP contribution in [0.15, 0.2) is 6.20 Å². The van der Waals surface area contributed by atoms with E-state index in [1.54, 1.807) is 0 Å². The average Bonchev–Trinajstić information content (AvgIpc) is 2.27. The highest BCUT2D eigenvalue weighted by Gasteiger charge is 2.21. The van der Waals surface area contributed by atoms with Gasteiger partial charge in [-0.05, 0) is 13.0 Å². The smallest absolute Gasteiger partial charge is 0.341 e. The summed E-state index contributed by atoms with van der Waals surface area (Å²) in [5.74, 6) is -0.547. The molecule has 2 rings (SSSR count). The molecule has 5 heteroatoms. The van der Waals surface area contributed by atoms with Crippen LogP contribution in [0.4, 0.5) is 0 Å². The normalized spacial score (nSPS) is 14.5. The molecule has 15 heavy (non-hydrogen) atoms. The fourth-order valence-corrected chi connectivity index (χ4v) is 1.79. The third kappa shape index (κ3) is 1.66. The second-order valence-corrected chi connectivity index (χ2v) is 3.36. The first-order valence-electron chi connectivity index (χ1n) is 4.72. The molecule has 0 bridgehead atoms. The zero-order valence-electron chi connectivity index (χ0n) is 8.41. The lowest BCUT2D eigenvalue weighted by atomic mass is 10.0. The summed E-state index contributed by atoms with van der Waals surface area (Å²) in [7, 11) is 1.49. The standard InChI is InChI=1S/C10H12N2O3/c1-15-9-6-2-3-11-5-8(6)12-4-7(9)10(13)14/h4,11H,2-3,5H2,1H3,(H,13,14). The summed E-state index contributed by atoms with van der Waals surface area (Å²) < 4.78 is 5.16. The van der Waals surface area contributed by atoms with Crippen molar-refractivity contribution in [3.05, 3.63) is 23.0 Å². The Labute approximate surface area is 87.1 Å². The van der Waals surface area contributed by atoms with Crippen LogP contribution in [0.25, 0.3) is 0 Å². The lowest BCUT2D eigenvalue weighted by molar-refractivity contribution is 0.0692. The third-order valence-electron chi connectivity index (χ3n) is 2.50. The molecule has 1 aromatic heterocycles. The topological polar surface area (TPSA) is 71.5 Å². The van der Waals surface area contributed by atoms with E-state index < -0.39 is 5.97 Å². The van der Waals surface area contributed by atoms with Gasteiger partial charge in [-0.3, -0.25) is 4.98 Å². The Hall–Kier alpha value is -1.62. The van der Waals surface area contributed by atoms with E-state index >= 15 is 0 Å². The van der Waals surface area contributed by atoms with E-state index in [4.69, 9.17) is 9.84 Å². The molecule has 2 N–H and O–H groups in total. The van der Waals surface area contributed by atoms with Gasteiger partial charge < -0.3 is 15.2 Å². The van der Waals surface area contributed by atoms with Crippen LogP contribution in [0.2, 0.25) is 0 Å². The van der Waals surface area contributed by atoms with Crippen molar-refractivity contribution in [2.45, 2.75) is 13.0 Å². The quantitative estimate of drug-likeness (QED) is 0.737. The minimum Gasteiger partial charge on any atom is -0.495 e. The first-order valence-corrected chi connectivity index (χ1v) is 4.72. The van der Waals surface area contributed by atoms with Crippen LogP contribution in [-0.2, 0) is 13.0 Å². The second kappa shape index (κ2) is 3.86. The Balaban J connectivity index is 2.56. The molecule has 0 unspecified atom stereocenters. The van der Waals surface area contributed by atoms with Gasteiger partial charge in [0.05, 0.1) is 12.8 Å².